The molecule has 1 aliphatic rings. The summed E-state index contributed by atoms with van der Waals surface area (Å²) < 4.78 is 0. The summed E-state index contributed by atoms with van der Waals surface area (Å²) in [6.07, 6.45) is 3.95. The minimum Gasteiger partial charge on any atom is -0.355 e. The quantitative estimate of drug-likeness (QED) is 0.599. The van der Waals surface area contributed by atoms with Crippen LogP contribution in [0.5, 0.6) is 0 Å². The van der Waals surface area contributed by atoms with Gasteiger partial charge in [0.2, 0.25) is 0 Å². The Balaban J connectivity index is 1.52. The molecule has 1 fully saturated rings. The van der Waals surface area contributed by atoms with Crippen molar-refractivity contribution in [1.82, 2.24) is 15.2 Å². The number of hydrogen-bond acceptors (Lipinski definition) is 6. The largest absolute Gasteiger partial charge is 0.355 e. The molecule has 1 aliphatic heterocycles. The fourth-order valence-electron chi connectivity index (χ4n) is 3.85. The third-order valence-corrected chi connectivity index (χ3v) is 6.51. The lowest BCUT2D eigenvalue weighted by atomic mass is 10.0. The number of carbonyl (C=O) groups is 1. The van der Waals surface area contributed by atoms with Gasteiger partial charge in [-0.1, -0.05) is 43.3 Å². The SMILES string of the molecule is CC1CN(C#N)C(C)[C@@H]1NC(=O)c1ncc(-c2ccccc2Nc2ccccc2)s1. The number of hydrogen-bond donors (Lipinski definition) is 2. The Kier molecular flexibility index (Phi) is 5.68. The number of carbonyl (C=O) groups excluding carboxylic acids is 1. The smallest absolute Gasteiger partial charge is 0.280 e. The van der Waals surface area contributed by atoms with Crippen LogP contribution in [0.25, 0.3) is 10.4 Å². The van der Waals surface area contributed by atoms with Crippen molar-refractivity contribution in [2.75, 3.05) is 11.9 Å². The first kappa shape index (κ1) is 19.9. The molecule has 2 aromatic carbocycles. The van der Waals surface area contributed by atoms with Crippen molar-refractivity contribution in [3.63, 3.8) is 0 Å². The zero-order valence-electron chi connectivity index (χ0n) is 16.9. The zero-order valence-corrected chi connectivity index (χ0v) is 17.7. The summed E-state index contributed by atoms with van der Waals surface area (Å²) in [5.41, 5.74) is 2.96. The van der Waals surface area contributed by atoms with Gasteiger partial charge in [-0.2, -0.15) is 5.26 Å². The van der Waals surface area contributed by atoms with E-state index in [0.29, 0.717) is 11.6 Å². The van der Waals surface area contributed by atoms with E-state index in [-0.39, 0.29) is 23.9 Å². The number of nitrogens with zero attached hydrogens (tertiary/aromatic N) is 3. The number of para-hydroxylation sites is 2. The van der Waals surface area contributed by atoms with Gasteiger partial charge in [0.15, 0.2) is 11.2 Å². The van der Waals surface area contributed by atoms with Gasteiger partial charge in [-0.25, -0.2) is 4.98 Å². The Morgan fingerprint density at radius 3 is 2.63 bits per heavy atom. The highest BCUT2D eigenvalue weighted by Gasteiger charge is 2.37. The van der Waals surface area contributed by atoms with Crippen molar-refractivity contribution in [2.24, 2.45) is 5.92 Å². The second-order valence-electron chi connectivity index (χ2n) is 7.54. The normalized spacial score (nSPS) is 20.6. The van der Waals surface area contributed by atoms with E-state index in [1.54, 1.807) is 11.1 Å². The molecule has 1 saturated heterocycles. The Bertz CT molecular complexity index is 1070. The minimum atomic E-state index is -0.191. The molecule has 3 atom stereocenters. The topological polar surface area (TPSA) is 81.1 Å². The second-order valence-corrected chi connectivity index (χ2v) is 8.57. The van der Waals surface area contributed by atoms with Gasteiger partial charge in [-0.05, 0) is 31.0 Å². The summed E-state index contributed by atoms with van der Waals surface area (Å²) in [6, 6.07) is 17.9. The van der Waals surface area contributed by atoms with Crippen LogP contribution < -0.4 is 10.6 Å². The maximum absolute atomic E-state index is 12.8. The van der Waals surface area contributed by atoms with Crippen molar-refractivity contribution < 1.29 is 4.79 Å². The predicted octanol–water partition coefficient (Wildman–Crippen LogP) is 4.47. The molecular formula is C23H23N5OS. The zero-order chi connectivity index (χ0) is 21.1. The number of amides is 1. The predicted molar refractivity (Wildman–Crippen MR) is 119 cm³/mol. The first-order chi connectivity index (χ1) is 14.6. The summed E-state index contributed by atoms with van der Waals surface area (Å²) in [4.78, 5) is 19.8. The number of nitrogens with one attached hydrogen (secondary N) is 2. The van der Waals surface area contributed by atoms with E-state index in [2.05, 4.69) is 28.7 Å². The lowest BCUT2D eigenvalue weighted by Crippen LogP contribution is -2.44. The highest BCUT2D eigenvalue weighted by atomic mass is 32.1. The van der Waals surface area contributed by atoms with E-state index in [9.17, 15) is 10.1 Å². The van der Waals surface area contributed by atoms with Crippen LogP contribution in [-0.4, -0.2) is 34.4 Å². The molecular weight excluding hydrogens is 394 g/mol. The number of thiazole rings is 1. The van der Waals surface area contributed by atoms with Crippen LogP contribution in [0.1, 0.15) is 23.6 Å². The van der Waals surface area contributed by atoms with Gasteiger partial charge >= 0.3 is 0 Å². The molecule has 0 radical (unpaired) electrons. The first-order valence-electron chi connectivity index (χ1n) is 9.91. The van der Waals surface area contributed by atoms with E-state index in [0.717, 1.165) is 21.8 Å². The monoisotopic (exact) mass is 417 g/mol. The minimum absolute atomic E-state index is 0.0239. The highest BCUT2D eigenvalue weighted by molar-refractivity contribution is 7.17. The van der Waals surface area contributed by atoms with Gasteiger partial charge in [-0.15, -0.1) is 11.3 Å². The van der Waals surface area contributed by atoms with Gasteiger partial charge in [0.1, 0.15) is 0 Å². The maximum atomic E-state index is 12.8. The van der Waals surface area contributed by atoms with Crippen LogP contribution in [0.2, 0.25) is 0 Å². The summed E-state index contributed by atoms with van der Waals surface area (Å²) >= 11 is 1.37. The maximum Gasteiger partial charge on any atom is 0.280 e. The number of aromatic nitrogens is 1. The van der Waals surface area contributed by atoms with Crippen molar-refractivity contribution >= 4 is 28.6 Å². The lowest BCUT2D eigenvalue weighted by Gasteiger charge is -2.21. The first-order valence-corrected chi connectivity index (χ1v) is 10.7. The summed E-state index contributed by atoms with van der Waals surface area (Å²) in [7, 11) is 0. The Labute approximate surface area is 180 Å². The Hall–Kier alpha value is -3.37. The third-order valence-electron chi connectivity index (χ3n) is 5.48. The fraction of sp³-hybridized carbons (Fsp3) is 0.261. The standard InChI is InChI=1S/C23H23N5OS/c1-15-13-28(14-24)16(2)21(15)27-22(29)23-25-12-20(30-23)18-10-6-7-11-19(18)26-17-8-4-3-5-9-17/h3-12,15-16,21,26H,13H2,1-2H3,(H,27,29)/t15?,16?,21-/m1/s1. The van der Waals surface area contributed by atoms with Gasteiger partial charge in [0.05, 0.1) is 17.0 Å². The molecule has 6 nitrogen and oxygen atoms in total. The third kappa shape index (κ3) is 4.00. The molecule has 152 valence electrons. The Morgan fingerprint density at radius 1 is 1.17 bits per heavy atom. The van der Waals surface area contributed by atoms with E-state index >= 15 is 0 Å². The molecule has 0 spiro atoms. The van der Waals surface area contributed by atoms with Crippen LogP contribution in [0.3, 0.4) is 0 Å². The number of likely N-dealkylation sites (tertiary alicyclic amines) is 1. The number of benzene rings is 2. The molecule has 1 amide bonds. The average molecular weight is 418 g/mol. The summed E-state index contributed by atoms with van der Waals surface area (Å²) in [5.74, 6) is 0.0158. The summed E-state index contributed by atoms with van der Waals surface area (Å²) in [6.45, 7) is 4.68. The van der Waals surface area contributed by atoms with Crippen LogP contribution in [0.4, 0.5) is 11.4 Å². The molecule has 2 unspecified atom stereocenters. The molecule has 0 aliphatic carbocycles. The van der Waals surface area contributed by atoms with Crippen molar-refractivity contribution in [1.29, 1.82) is 5.26 Å². The van der Waals surface area contributed by atoms with Crippen molar-refractivity contribution in [3.05, 3.63) is 65.8 Å². The van der Waals surface area contributed by atoms with Crippen molar-refractivity contribution in [3.8, 4) is 16.6 Å². The molecule has 0 bridgehead atoms. The molecule has 1 aromatic heterocycles. The van der Waals surface area contributed by atoms with Gasteiger partial charge < -0.3 is 15.5 Å². The molecule has 4 rings (SSSR count). The molecule has 2 N–H and O–H groups in total. The van der Waals surface area contributed by atoms with E-state index < -0.39 is 0 Å². The summed E-state index contributed by atoms with van der Waals surface area (Å²) in [5, 5.41) is 16.2. The molecule has 7 heteroatoms. The molecule has 3 aromatic rings. The molecule has 30 heavy (non-hydrogen) atoms. The molecule has 2 heterocycles. The van der Waals surface area contributed by atoms with Crippen LogP contribution >= 0.6 is 11.3 Å². The van der Waals surface area contributed by atoms with Crippen LogP contribution in [-0.2, 0) is 0 Å². The van der Waals surface area contributed by atoms with Crippen molar-refractivity contribution in [2.45, 2.75) is 25.9 Å². The van der Waals surface area contributed by atoms with Crippen LogP contribution in [0.15, 0.2) is 60.8 Å². The second kappa shape index (κ2) is 8.56. The lowest BCUT2D eigenvalue weighted by molar-refractivity contribution is 0.0923. The molecule has 0 saturated carbocycles. The van der Waals surface area contributed by atoms with E-state index in [4.69, 9.17) is 0 Å². The highest BCUT2D eigenvalue weighted by Crippen LogP contribution is 2.34. The van der Waals surface area contributed by atoms with Crippen LogP contribution in [0, 0.1) is 17.4 Å². The van der Waals surface area contributed by atoms with Gasteiger partial charge in [-0.3, -0.25) is 4.79 Å². The van der Waals surface area contributed by atoms with Gasteiger partial charge in [0.25, 0.3) is 5.91 Å². The average Bonchev–Trinajstić information content (AvgIpc) is 3.35. The Morgan fingerprint density at radius 2 is 1.90 bits per heavy atom. The fourth-order valence-corrected chi connectivity index (χ4v) is 4.71. The number of nitriles is 1. The number of rotatable bonds is 5. The van der Waals surface area contributed by atoms with Gasteiger partial charge in [0, 0.05) is 29.7 Å². The number of anilines is 2. The van der Waals surface area contributed by atoms with E-state index in [1.165, 1.54) is 11.3 Å². The van der Waals surface area contributed by atoms with E-state index in [1.807, 2.05) is 61.5 Å².